The Hall–Kier alpha value is -1.69. The summed E-state index contributed by atoms with van der Waals surface area (Å²) < 4.78 is 0. The zero-order valence-electron chi connectivity index (χ0n) is 11.1. The van der Waals surface area contributed by atoms with Crippen LogP contribution in [0.5, 0.6) is 0 Å². The standard InChI is InChI=1S/C13H18N4OS/c1-7-6-10(11(13(15)19)8(2)16-7)17-5-3-4-9(17)12(14)18/h6,9H,3-5H2,1-2H3,(H2,14,18)(H2,15,19). The molecule has 0 aromatic carbocycles. The van der Waals surface area contributed by atoms with Crippen LogP contribution in [0.15, 0.2) is 6.07 Å². The number of amides is 1. The first kappa shape index (κ1) is 13.7. The Kier molecular flexibility index (Phi) is 3.71. The molecule has 5 nitrogen and oxygen atoms in total. The van der Waals surface area contributed by atoms with Crippen molar-refractivity contribution in [3.8, 4) is 0 Å². The lowest BCUT2D eigenvalue weighted by molar-refractivity contribution is -0.119. The fraction of sp³-hybridized carbons (Fsp3) is 0.462. The van der Waals surface area contributed by atoms with Crippen molar-refractivity contribution >= 4 is 28.8 Å². The number of pyridine rings is 1. The molecular weight excluding hydrogens is 260 g/mol. The van der Waals surface area contributed by atoms with Gasteiger partial charge in [-0.15, -0.1) is 0 Å². The van der Waals surface area contributed by atoms with E-state index in [1.54, 1.807) is 0 Å². The van der Waals surface area contributed by atoms with Crippen LogP contribution in [0.25, 0.3) is 0 Å². The second kappa shape index (κ2) is 5.13. The maximum atomic E-state index is 11.5. The fourth-order valence-corrected chi connectivity index (χ4v) is 2.94. The molecule has 1 amide bonds. The summed E-state index contributed by atoms with van der Waals surface area (Å²) in [4.78, 5) is 18.2. The Morgan fingerprint density at radius 2 is 2.16 bits per heavy atom. The van der Waals surface area contributed by atoms with E-state index in [1.165, 1.54) is 0 Å². The SMILES string of the molecule is Cc1cc(N2CCCC2C(N)=O)c(C(N)=S)c(C)n1. The van der Waals surface area contributed by atoms with Crippen LogP contribution < -0.4 is 16.4 Å². The number of aryl methyl sites for hydroxylation is 2. The van der Waals surface area contributed by atoms with Gasteiger partial charge < -0.3 is 16.4 Å². The van der Waals surface area contributed by atoms with Crippen molar-refractivity contribution < 1.29 is 4.79 Å². The maximum Gasteiger partial charge on any atom is 0.240 e. The number of thiocarbonyl (C=S) groups is 1. The van der Waals surface area contributed by atoms with Crippen molar-refractivity contribution in [1.82, 2.24) is 4.98 Å². The molecular formula is C13H18N4OS. The number of rotatable bonds is 3. The number of nitrogens with two attached hydrogens (primary N) is 2. The third kappa shape index (κ3) is 2.53. The van der Waals surface area contributed by atoms with Gasteiger partial charge in [0.2, 0.25) is 5.91 Å². The van der Waals surface area contributed by atoms with E-state index in [-0.39, 0.29) is 11.9 Å². The van der Waals surface area contributed by atoms with E-state index in [2.05, 4.69) is 4.98 Å². The first-order valence-corrected chi connectivity index (χ1v) is 6.66. The van der Waals surface area contributed by atoms with Gasteiger partial charge in [0, 0.05) is 17.9 Å². The molecule has 0 aliphatic carbocycles. The third-order valence-electron chi connectivity index (χ3n) is 3.44. The molecule has 4 N–H and O–H groups in total. The number of carbonyl (C=O) groups excluding carboxylic acids is 1. The van der Waals surface area contributed by atoms with Crippen molar-refractivity contribution in [2.24, 2.45) is 11.5 Å². The summed E-state index contributed by atoms with van der Waals surface area (Å²) >= 11 is 5.12. The van der Waals surface area contributed by atoms with Crippen LogP contribution in [-0.2, 0) is 4.79 Å². The predicted molar refractivity (Wildman–Crippen MR) is 79.2 cm³/mol. The highest BCUT2D eigenvalue weighted by atomic mass is 32.1. The molecule has 1 aliphatic heterocycles. The summed E-state index contributed by atoms with van der Waals surface area (Å²) in [7, 11) is 0. The molecule has 1 aromatic rings. The van der Waals surface area contributed by atoms with Gasteiger partial charge in [0.1, 0.15) is 11.0 Å². The van der Waals surface area contributed by atoms with Gasteiger partial charge in [-0.05, 0) is 32.8 Å². The summed E-state index contributed by atoms with van der Waals surface area (Å²) in [5.41, 5.74) is 14.6. The van der Waals surface area contributed by atoms with Crippen LogP contribution >= 0.6 is 12.2 Å². The summed E-state index contributed by atoms with van der Waals surface area (Å²) in [6, 6.07) is 1.64. The lowest BCUT2D eigenvalue weighted by Crippen LogP contribution is -2.41. The summed E-state index contributed by atoms with van der Waals surface area (Å²) in [5.74, 6) is -0.307. The van der Waals surface area contributed by atoms with Gasteiger partial charge >= 0.3 is 0 Å². The number of primary amides is 1. The molecule has 0 spiro atoms. The summed E-state index contributed by atoms with van der Waals surface area (Å²) in [6.07, 6.45) is 1.71. The minimum Gasteiger partial charge on any atom is -0.389 e. The highest BCUT2D eigenvalue weighted by Crippen LogP contribution is 2.30. The van der Waals surface area contributed by atoms with E-state index < -0.39 is 0 Å². The van der Waals surface area contributed by atoms with Gasteiger partial charge in [-0.2, -0.15) is 0 Å². The molecule has 1 atom stereocenters. The first-order chi connectivity index (χ1) is 8.91. The topological polar surface area (TPSA) is 85.2 Å². The van der Waals surface area contributed by atoms with Crippen molar-refractivity contribution in [3.05, 3.63) is 23.0 Å². The zero-order chi connectivity index (χ0) is 14.2. The summed E-state index contributed by atoms with van der Waals surface area (Å²) in [6.45, 7) is 4.57. The Morgan fingerprint density at radius 3 is 2.74 bits per heavy atom. The maximum absolute atomic E-state index is 11.5. The number of anilines is 1. The van der Waals surface area contributed by atoms with Crippen molar-refractivity contribution in [1.29, 1.82) is 0 Å². The van der Waals surface area contributed by atoms with E-state index in [0.717, 1.165) is 42.0 Å². The number of hydrogen-bond donors (Lipinski definition) is 2. The van der Waals surface area contributed by atoms with E-state index in [0.29, 0.717) is 4.99 Å². The molecule has 2 heterocycles. The number of aromatic nitrogens is 1. The predicted octanol–water partition coefficient (Wildman–Crippen LogP) is 0.787. The van der Waals surface area contributed by atoms with E-state index in [9.17, 15) is 4.79 Å². The van der Waals surface area contributed by atoms with Crippen molar-refractivity contribution in [2.75, 3.05) is 11.4 Å². The molecule has 19 heavy (non-hydrogen) atoms. The van der Waals surface area contributed by atoms with E-state index >= 15 is 0 Å². The van der Waals surface area contributed by atoms with Gasteiger partial charge in [0.05, 0.1) is 11.3 Å². The molecule has 1 aromatic heterocycles. The smallest absolute Gasteiger partial charge is 0.240 e. The van der Waals surface area contributed by atoms with Gasteiger partial charge in [0.25, 0.3) is 0 Å². The molecule has 6 heteroatoms. The quantitative estimate of drug-likeness (QED) is 0.798. The van der Waals surface area contributed by atoms with Crippen LogP contribution in [0.1, 0.15) is 29.8 Å². The largest absolute Gasteiger partial charge is 0.389 e. The first-order valence-electron chi connectivity index (χ1n) is 6.26. The molecule has 1 fully saturated rings. The van der Waals surface area contributed by atoms with Gasteiger partial charge in [-0.3, -0.25) is 9.78 Å². The Labute approximate surface area is 118 Å². The minimum atomic E-state index is -0.307. The molecule has 1 saturated heterocycles. The van der Waals surface area contributed by atoms with E-state index in [1.807, 2.05) is 24.8 Å². The van der Waals surface area contributed by atoms with Crippen molar-refractivity contribution in [2.45, 2.75) is 32.7 Å². The Balaban J connectivity index is 2.55. The molecule has 1 aliphatic rings. The molecule has 102 valence electrons. The second-order valence-electron chi connectivity index (χ2n) is 4.86. The Bertz CT molecular complexity index is 544. The van der Waals surface area contributed by atoms with E-state index in [4.69, 9.17) is 23.7 Å². The fourth-order valence-electron chi connectivity index (χ4n) is 2.69. The highest BCUT2D eigenvalue weighted by molar-refractivity contribution is 7.80. The zero-order valence-corrected chi connectivity index (χ0v) is 12.0. The monoisotopic (exact) mass is 278 g/mol. The Morgan fingerprint density at radius 1 is 1.47 bits per heavy atom. The highest BCUT2D eigenvalue weighted by Gasteiger charge is 2.31. The molecule has 0 saturated carbocycles. The van der Waals surface area contributed by atoms with Gasteiger partial charge in [-0.25, -0.2) is 0 Å². The number of hydrogen-bond acceptors (Lipinski definition) is 4. The average molecular weight is 278 g/mol. The number of nitrogens with zero attached hydrogens (tertiary/aromatic N) is 2. The second-order valence-corrected chi connectivity index (χ2v) is 5.30. The van der Waals surface area contributed by atoms with Crippen LogP contribution in [0.3, 0.4) is 0 Å². The lowest BCUT2D eigenvalue weighted by Gasteiger charge is -2.27. The molecule has 0 radical (unpaired) electrons. The van der Waals surface area contributed by atoms with Crippen LogP contribution in [0, 0.1) is 13.8 Å². The lowest BCUT2D eigenvalue weighted by atomic mass is 10.1. The molecule has 1 unspecified atom stereocenters. The molecule has 0 bridgehead atoms. The minimum absolute atomic E-state index is 0.283. The summed E-state index contributed by atoms with van der Waals surface area (Å²) in [5, 5.41) is 0. The number of carbonyl (C=O) groups is 1. The third-order valence-corrected chi connectivity index (χ3v) is 3.65. The average Bonchev–Trinajstić information content (AvgIpc) is 2.75. The van der Waals surface area contributed by atoms with Crippen LogP contribution in [0.2, 0.25) is 0 Å². The molecule has 2 rings (SSSR count). The van der Waals surface area contributed by atoms with Crippen LogP contribution in [-0.4, -0.2) is 28.5 Å². The van der Waals surface area contributed by atoms with Gasteiger partial charge in [-0.1, -0.05) is 12.2 Å². The van der Waals surface area contributed by atoms with Crippen LogP contribution in [0.4, 0.5) is 5.69 Å². The normalized spacial score (nSPS) is 18.6. The van der Waals surface area contributed by atoms with Crippen molar-refractivity contribution in [3.63, 3.8) is 0 Å². The van der Waals surface area contributed by atoms with Gasteiger partial charge in [0.15, 0.2) is 0 Å².